The van der Waals surface area contributed by atoms with Gasteiger partial charge in [0.15, 0.2) is 11.6 Å². The number of aliphatic hydroxyl groups is 2. The molecule has 0 heterocycles. The second-order valence-electron chi connectivity index (χ2n) is 3.14. The van der Waals surface area contributed by atoms with Crippen LogP contribution >= 0.6 is 15.9 Å². The summed E-state index contributed by atoms with van der Waals surface area (Å²) in [5.41, 5.74) is -0.591. The molecule has 2 unspecified atom stereocenters. The molecule has 0 aromatic heterocycles. The van der Waals surface area contributed by atoms with E-state index in [1.165, 1.54) is 7.11 Å². The summed E-state index contributed by atoms with van der Waals surface area (Å²) in [6.45, 7) is 0. The Morgan fingerprint density at radius 2 is 2.00 bits per heavy atom. The van der Waals surface area contributed by atoms with Crippen LogP contribution in [-0.2, 0) is 0 Å². The van der Waals surface area contributed by atoms with Crippen molar-refractivity contribution in [3.63, 3.8) is 0 Å². The lowest BCUT2D eigenvalue weighted by atomic mass is 10.0. The van der Waals surface area contributed by atoms with Crippen LogP contribution in [0.25, 0.3) is 0 Å². The molecular weight excluding hydrogens is 286 g/mol. The standard InChI is InChI=1S/C10H11BrF2O3/c1-16-7-3-2-5(12)8(9(7)13)10(15)6(14)4-11/h2-3,6,10,14-15H,4H2,1H3. The minimum absolute atomic E-state index is 0.00422. The first-order valence-electron chi connectivity index (χ1n) is 4.46. The lowest BCUT2D eigenvalue weighted by Gasteiger charge is -2.18. The molecule has 0 radical (unpaired) electrons. The topological polar surface area (TPSA) is 49.7 Å². The molecule has 1 rings (SSSR count). The Labute approximate surface area is 99.8 Å². The summed E-state index contributed by atoms with van der Waals surface area (Å²) in [5, 5.41) is 18.9. The maximum atomic E-state index is 13.6. The normalized spacial score (nSPS) is 14.6. The first-order chi connectivity index (χ1) is 7.52. The van der Waals surface area contributed by atoms with E-state index in [1.807, 2.05) is 0 Å². The van der Waals surface area contributed by atoms with Crippen molar-refractivity contribution in [2.45, 2.75) is 12.2 Å². The van der Waals surface area contributed by atoms with Gasteiger partial charge in [-0.1, -0.05) is 15.9 Å². The van der Waals surface area contributed by atoms with Gasteiger partial charge >= 0.3 is 0 Å². The summed E-state index contributed by atoms with van der Waals surface area (Å²) in [6, 6.07) is 2.09. The molecule has 0 bridgehead atoms. The number of ether oxygens (including phenoxy) is 1. The molecule has 0 saturated carbocycles. The van der Waals surface area contributed by atoms with E-state index in [4.69, 9.17) is 0 Å². The predicted octanol–water partition coefficient (Wildman–Crippen LogP) is 1.76. The van der Waals surface area contributed by atoms with Crippen molar-refractivity contribution in [2.24, 2.45) is 0 Å². The fraction of sp³-hybridized carbons (Fsp3) is 0.400. The Hall–Kier alpha value is -0.720. The molecule has 6 heteroatoms. The molecular formula is C10H11BrF2O3. The minimum atomic E-state index is -1.64. The van der Waals surface area contributed by atoms with E-state index < -0.39 is 29.4 Å². The van der Waals surface area contributed by atoms with Gasteiger partial charge in [-0.3, -0.25) is 0 Å². The van der Waals surface area contributed by atoms with Crippen LogP contribution < -0.4 is 4.74 Å². The van der Waals surface area contributed by atoms with Crippen LogP contribution in [0.15, 0.2) is 12.1 Å². The van der Waals surface area contributed by atoms with Crippen molar-refractivity contribution < 1.29 is 23.7 Å². The summed E-state index contributed by atoms with van der Waals surface area (Å²) < 4.78 is 31.6. The molecule has 2 N–H and O–H groups in total. The third-order valence-electron chi connectivity index (χ3n) is 2.13. The SMILES string of the molecule is COc1ccc(F)c(C(O)C(O)CBr)c1F. The van der Waals surface area contributed by atoms with Gasteiger partial charge in [0, 0.05) is 5.33 Å². The van der Waals surface area contributed by atoms with Crippen LogP contribution in [0.4, 0.5) is 8.78 Å². The molecule has 1 aromatic rings. The Morgan fingerprint density at radius 1 is 1.38 bits per heavy atom. The number of hydrogen-bond acceptors (Lipinski definition) is 3. The number of hydrogen-bond donors (Lipinski definition) is 2. The van der Waals surface area contributed by atoms with Crippen molar-refractivity contribution in [1.82, 2.24) is 0 Å². The lowest BCUT2D eigenvalue weighted by molar-refractivity contribution is 0.0292. The van der Waals surface area contributed by atoms with Crippen molar-refractivity contribution in [3.8, 4) is 5.75 Å². The largest absolute Gasteiger partial charge is 0.494 e. The third-order valence-corrected chi connectivity index (χ3v) is 2.79. The fourth-order valence-electron chi connectivity index (χ4n) is 1.25. The van der Waals surface area contributed by atoms with Gasteiger partial charge in [0.25, 0.3) is 0 Å². The van der Waals surface area contributed by atoms with Gasteiger partial charge in [-0.15, -0.1) is 0 Å². The molecule has 0 aliphatic rings. The molecule has 0 aliphatic heterocycles. The number of rotatable bonds is 4. The van der Waals surface area contributed by atoms with Gasteiger partial charge in [0.05, 0.1) is 18.8 Å². The number of alkyl halides is 1. The Balaban J connectivity index is 3.20. The first kappa shape index (κ1) is 13.3. The summed E-state index contributed by atoms with van der Waals surface area (Å²) >= 11 is 2.91. The first-order valence-corrected chi connectivity index (χ1v) is 5.59. The van der Waals surface area contributed by atoms with Crippen LogP contribution in [0.5, 0.6) is 5.75 Å². The summed E-state index contributed by atoms with van der Waals surface area (Å²) in [5.74, 6) is -2.11. The molecule has 0 spiro atoms. The molecule has 3 nitrogen and oxygen atoms in total. The van der Waals surface area contributed by atoms with Crippen molar-refractivity contribution >= 4 is 15.9 Å². The minimum Gasteiger partial charge on any atom is -0.494 e. The van der Waals surface area contributed by atoms with Crippen LogP contribution in [0.1, 0.15) is 11.7 Å². The number of benzene rings is 1. The molecule has 0 amide bonds. The molecule has 2 atom stereocenters. The van der Waals surface area contributed by atoms with Crippen molar-refractivity contribution in [1.29, 1.82) is 0 Å². The highest BCUT2D eigenvalue weighted by atomic mass is 79.9. The highest BCUT2D eigenvalue weighted by Gasteiger charge is 2.26. The van der Waals surface area contributed by atoms with Gasteiger partial charge in [-0.25, -0.2) is 8.78 Å². The number of aliphatic hydroxyl groups excluding tert-OH is 2. The zero-order valence-corrected chi connectivity index (χ0v) is 10.0. The van der Waals surface area contributed by atoms with E-state index in [-0.39, 0.29) is 11.1 Å². The monoisotopic (exact) mass is 296 g/mol. The van der Waals surface area contributed by atoms with Gasteiger partial charge in [0.1, 0.15) is 11.9 Å². The van der Waals surface area contributed by atoms with Crippen LogP contribution in [0, 0.1) is 11.6 Å². The zero-order chi connectivity index (χ0) is 12.3. The zero-order valence-electron chi connectivity index (χ0n) is 8.45. The van der Waals surface area contributed by atoms with Crippen molar-refractivity contribution in [3.05, 3.63) is 29.3 Å². The summed E-state index contributed by atoms with van der Waals surface area (Å²) in [6.07, 6.45) is -2.94. The molecule has 16 heavy (non-hydrogen) atoms. The van der Waals surface area contributed by atoms with E-state index in [1.54, 1.807) is 0 Å². The van der Waals surface area contributed by atoms with Crippen LogP contribution in [-0.4, -0.2) is 28.8 Å². The second kappa shape index (κ2) is 5.56. The van der Waals surface area contributed by atoms with E-state index in [0.717, 1.165) is 12.1 Å². The molecule has 0 saturated heterocycles. The Bertz CT molecular complexity index is 373. The predicted molar refractivity (Wildman–Crippen MR) is 57.7 cm³/mol. The number of halogens is 3. The molecule has 1 aromatic carbocycles. The van der Waals surface area contributed by atoms with Crippen LogP contribution in [0.2, 0.25) is 0 Å². The summed E-state index contributed by atoms with van der Waals surface area (Å²) in [7, 11) is 1.23. The molecule has 0 aliphatic carbocycles. The van der Waals surface area contributed by atoms with Crippen LogP contribution in [0.3, 0.4) is 0 Å². The second-order valence-corrected chi connectivity index (χ2v) is 3.79. The quantitative estimate of drug-likeness (QED) is 0.833. The molecule has 0 fully saturated rings. The maximum Gasteiger partial charge on any atom is 0.173 e. The Morgan fingerprint density at radius 3 is 2.50 bits per heavy atom. The lowest BCUT2D eigenvalue weighted by Crippen LogP contribution is -2.22. The van der Waals surface area contributed by atoms with E-state index in [0.29, 0.717) is 0 Å². The van der Waals surface area contributed by atoms with Gasteiger partial charge < -0.3 is 14.9 Å². The average Bonchev–Trinajstić information content (AvgIpc) is 2.28. The fourth-order valence-corrected chi connectivity index (χ4v) is 1.61. The third kappa shape index (κ3) is 2.50. The van der Waals surface area contributed by atoms with Gasteiger partial charge in [-0.2, -0.15) is 0 Å². The smallest absolute Gasteiger partial charge is 0.173 e. The Kier molecular flexibility index (Phi) is 4.64. The van der Waals surface area contributed by atoms with Gasteiger partial charge in [-0.05, 0) is 12.1 Å². The van der Waals surface area contributed by atoms with E-state index >= 15 is 0 Å². The van der Waals surface area contributed by atoms with E-state index in [9.17, 15) is 19.0 Å². The van der Waals surface area contributed by atoms with Crippen molar-refractivity contribution in [2.75, 3.05) is 12.4 Å². The molecule has 90 valence electrons. The van der Waals surface area contributed by atoms with Gasteiger partial charge in [0.2, 0.25) is 0 Å². The van der Waals surface area contributed by atoms with E-state index in [2.05, 4.69) is 20.7 Å². The average molecular weight is 297 g/mol. The maximum absolute atomic E-state index is 13.6. The highest BCUT2D eigenvalue weighted by Crippen LogP contribution is 2.29. The number of methoxy groups -OCH3 is 1. The highest BCUT2D eigenvalue weighted by molar-refractivity contribution is 9.09. The summed E-state index contributed by atoms with van der Waals surface area (Å²) in [4.78, 5) is 0.